The molecule has 9 nitrogen and oxygen atoms in total. The molecule has 0 aliphatic carbocycles. The van der Waals surface area contributed by atoms with E-state index >= 15 is 0 Å². The van der Waals surface area contributed by atoms with Crippen LogP contribution < -0.4 is 10.9 Å². The number of carbonyl (C=O) groups is 1. The summed E-state index contributed by atoms with van der Waals surface area (Å²) in [5.41, 5.74) is 2.99. The Kier molecular flexibility index (Phi) is 4.48. The molecule has 0 saturated carbocycles. The molecule has 4 heterocycles. The van der Waals surface area contributed by atoms with Gasteiger partial charge in [0.1, 0.15) is 0 Å². The number of nitrogens with zero attached hydrogens (tertiary/aromatic N) is 4. The first kappa shape index (κ1) is 17.7. The zero-order valence-corrected chi connectivity index (χ0v) is 15.3. The van der Waals surface area contributed by atoms with Crippen molar-refractivity contribution in [3.05, 3.63) is 70.2 Å². The van der Waals surface area contributed by atoms with Gasteiger partial charge in [0.05, 0.1) is 23.6 Å². The minimum atomic E-state index is -0.409. The molecule has 9 heteroatoms. The number of aromatic amines is 1. The number of hydrogen-bond donors (Lipinski definition) is 2. The van der Waals surface area contributed by atoms with E-state index in [0.717, 1.165) is 11.3 Å². The molecule has 0 aliphatic rings. The molecule has 0 spiro atoms. The lowest BCUT2D eigenvalue weighted by Crippen LogP contribution is -2.25. The fourth-order valence-corrected chi connectivity index (χ4v) is 2.74. The number of carbonyl (C=O) groups excluding carboxylic acids is 1. The second-order valence-electron chi connectivity index (χ2n) is 6.64. The standard InChI is InChI=1S/C19H18N6O3/c1-11(2)14-8-16(28-24-14)19(27)21-10-13-7-18(26)25-17(22-13)9-15(23-25)12-3-5-20-6-4-12/h3-9,11,23H,10H2,1-2H3,(H,21,27). The van der Waals surface area contributed by atoms with Gasteiger partial charge in [-0.3, -0.25) is 19.7 Å². The minimum Gasteiger partial charge on any atom is -0.351 e. The maximum Gasteiger partial charge on any atom is 0.290 e. The zero-order valence-electron chi connectivity index (χ0n) is 15.3. The smallest absolute Gasteiger partial charge is 0.290 e. The first-order chi connectivity index (χ1) is 13.5. The molecule has 1 amide bonds. The molecule has 0 aromatic carbocycles. The third-order valence-electron chi connectivity index (χ3n) is 4.27. The average molecular weight is 378 g/mol. The van der Waals surface area contributed by atoms with Gasteiger partial charge in [0, 0.05) is 36.2 Å². The summed E-state index contributed by atoms with van der Waals surface area (Å²) in [7, 11) is 0. The van der Waals surface area contributed by atoms with E-state index in [1.165, 1.54) is 10.6 Å². The van der Waals surface area contributed by atoms with Crippen LogP contribution in [-0.4, -0.2) is 30.6 Å². The van der Waals surface area contributed by atoms with Crippen molar-refractivity contribution in [1.82, 2.24) is 30.1 Å². The molecular formula is C19H18N6O3. The second kappa shape index (κ2) is 7.10. The second-order valence-corrected chi connectivity index (χ2v) is 6.64. The van der Waals surface area contributed by atoms with E-state index in [1.54, 1.807) is 24.5 Å². The number of aromatic nitrogens is 5. The predicted molar refractivity (Wildman–Crippen MR) is 101 cm³/mol. The number of hydrogen-bond acceptors (Lipinski definition) is 6. The van der Waals surface area contributed by atoms with Crippen molar-refractivity contribution in [2.45, 2.75) is 26.3 Å². The number of rotatable bonds is 5. The van der Waals surface area contributed by atoms with Gasteiger partial charge in [-0.15, -0.1) is 0 Å². The van der Waals surface area contributed by atoms with Crippen LogP contribution in [0.1, 0.15) is 41.7 Å². The summed E-state index contributed by atoms with van der Waals surface area (Å²) in [5, 5.41) is 9.58. The lowest BCUT2D eigenvalue weighted by Gasteiger charge is -2.02. The molecule has 2 N–H and O–H groups in total. The maximum atomic E-state index is 12.4. The summed E-state index contributed by atoms with van der Waals surface area (Å²) < 4.78 is 6.42. The van der Waals surface area contributed by atoms with Crippen molar-refractivity contribution in [1.29, 1.82) is 0 Å². The molecule has 28 heavy (non-hydrogen) atoms. The highest BCUT2D eigenvalue weighted by atomic mass is 16.5. The van der Waals surface area contributed by atoms with Crippen molar-refractivity contribution >= 4 is 11.6 Å². The molecule has 0 saturated heterocycles. The molecule has 142 valence electrons. The van der Waals surface area contributed by atoms with Gasteiger partial charge >= 0.3 is 0 Å². The molecular weight excluding hydrogens is 360 g/mol. The Morgan fingerprint density at radius 3 is 2.75 bits per heavy atom. The highest BCUT2D eigenvalue weighted by Crippen LogP contribution is 2.17. The Balaban J connectivity index is 1.54. The van der Waals surface area contributed by atoms with Crippen LogP contribution in [0.2, 0.25) is 0 Å². The topological polar surface area (TPSA) is 118 Å². The highest BCUT2D eigenvalue weighted by molar-refractivity contribution is 5.91. The fraction of sp³-hybridized carbons (Fsp3) is 0.211. The number of pyridine rings is 1. The number of nitrogens with one attached hydrogen (secondary N) is 2. The predicted octanol–water partition coefficient (Wildman–Crippen LogP) is 2.13. The van der Waals surface area contributed by atoms with Crippen LogP contribution in [-0.2, 0) is 6.54 Å². The van der Waals surface area contributed by atoms with Crippen LogP contribution >= 0.6 is 0 Å². The summed E-state index contributed by atoms with van der Waals surface area (Å²) in [6, 6.07) is 8.42. The molecule has 4 rings (SSSR count). The molecule has 4 aromatic heterocycles. The van der Waals surface area contributed by atoms with Crippen LogP contribution in [0.4, 0.5) is 0 Å². The molecule has 0 bridgehead atoms. The van der Waals surface area contributed by atoms with Crippen molar-refractivity contribution < 1.29 is 9.32 Å². The van der Waals surface area contributed by atoms with Crippen LogP contribution in [0.15, 0.2) is 52.0 Å². The maximum absolute atomic E-state index is 12.4. The van der Waals surface area contributed by atoms with Gasteiger partial charge in [-0.2, -0.15) is 0 Å². The van der Waals surface area contributed by atoms with Gasteiger partial charge in [0.25, 0.3) is 11.5 Å². The van der Waals surface area contributed by atoms with Gasteiger partial charge in [-0.05, 0) is 18.1 Å². The highest BCUT2D eigenvalue weighted by Gasteiger charge is 2.15. The first-order valence-electron chi connectivity index (χ1n) is 8.78. The van der Waals surface area contributed by atoms with Gasteiger partial charge in [0.15, 0.2) is 5.65 Å². The Labute approximate surface area is 159 Å². The third kappa shape index (κ3) is 3.41. The van der Waals surface area contributed by atoms with Crippen molar-refractivity contribution in [2.24, 2.45) is 0 Å². The Hall–Kier alpha value is -3.75. The number of H-pyrrole nitrogens is 1. The Morgan fingerprint density at radius 1 is 1.25 bits per heavy atom. The van der Waals surface area contributed by atoms with Crippen LogP contribution in [0.25, 0.3) is 16.9 Å². The van der Waals surface area contributed by atoms with E-state index in [9.17, 15) is 9.59 Å². The summed E-state index contributed by atoms with van der Waals surface area (Å²) in [5.74, 6) is -0.117. The van der Waals surface area contributed by atoms with E-state index in [-0.39, 0.29) is 23.8 Å². The van der Waals surface area contributed by atoms with Crippen molar-refractivity contribution in [3.63, 3.8) is 0 Å². The molecule has 0 atom stereocenters. The van der Waals surface area contributed by atoms with Gasteiger partial charge in [-0.25, -0.2) is 9.50 Å². The SMILES string of the molecule is CC(C)c1cc(C(=O)NCc2cc(=O)n3[nH]c(-c4ccncc4)cc3n2)on1. The average Bonchev–Trinajstić information content (AvgIpc) is 3.34. The molecule has 0 fully saturated rings. The number of fused-ring (bicyclic) bond motifs is 1. The van der Waals surface area contributed by atoms with Crippen molar-refractivity contribution in [3.8, 4) is 11.3 Å². The van der Waals surface area contributed by atoms with Crippen LogP contribution in [0.3, 0.4) is 0 Å². The largest absolute Gasteiger partial charge is 0.351 e. The van der Waals surface area contributed by atoms with Crippen LogP contribution in [0, 0.1) is 0 Å². The van der Waals surface area contributed by atoms with Crippen LogP contribution in [0.5, 0.6) is 0 Å². The zero-order chi connectivity index (χ0) is 19.7. The van der Waals surface area contributed by atoms with E-state index < -0.39 is 5.91 Å². The first-order valence-corrected chi connectivity index (χ1v) is 8.78. The molecule has 4 aromatic rings. The third-order valence-corrected chi connectivity index (χ3v) is 4.27. The number of amides is 1. The van der Waals surface area contributed by atoms with Gasteiger partial charge in [0.2, 0.25) is 5.76 Å². The Bertz CT molecular complexity index is 1190. The van der Waals surface area contributed by atoms with E-state index in [4.69, 9.17) is 4.52 Å². The van der Waals surface area contributed by atoms with E-state index in [2.05, 4.69) is 25.5 Å². The minimum absolute atomic E-state index is 0.0953. The quantitative estimate of drug-likeness (QED) is 0.549. The van der Waals surface area contributed by atoms with E-state index in [0.29, 0.717) is 17.0 Å². The summed E-state index contributed by atoms with van der Waals surface area (Å²) in [6.45, 7) is 4.02. The lowest BCUT2D eigenvalue weighted by atomic mass is 10.1. The lowest BCUT2D eigenvalue weighted by molar-refractivity contribution is 0.0913. The molecule has 0 aliphatic heterocycles. The fourth-order valence-electron chi connectivity index (χ4n) is 2.74. The Morgan fingerprint density at radius 2 is 2.04 bits per heavy atom. The summed E-state index contributed by atoms with van der Waals surface area (Å²) in [6.07, 6.45) is 3.35. The van der Waals surface area contributed by atoms with Gasteiger partial charge < -0.3 is 9.84 Å². The molecule has 0 radical (unpaired) electrons. The monoisotopic (exact) mass is 378 g/mol. The summed E-state index contributed by atoms with van der Waals surface area (Å²) in [4.78, 5) is 33.0. The van der Waals surface area contributed by atoms with E-state index in [1.807, 2.05) is 26.0 Å². The van der Waals surface area contributed by atoms with Gasteiger partial charge in [-0.1, -0.05) is 19.0 Å². The molecule has 0 unspecified atom stereocenters. The normalized spacial score (nSPS) is 11.2. The van der Waals surface area contributed by atoms with Crippen molar-refractivity contribution in [2.75, 3.05) is 0 Å². The summed E-state index contributed by atoms with van der Waals surface area (Å²) >= 11 is 0.